The third-order valence-corrected chi connectivity index (χ3v) is 4.64. The van der Waals surface area contributed by atoms with Gasteiger partial charge in [0.25, 0.3) is 0 Å². The van der Waals surface area contributed by atoms with Crippen LogP contribution in [0.4, 0.5) is 0 Å². The average Bonchev–Trinajstić information content (AvgIpc) is 2.90. The molecule has 3 rings (SSSR count). The minimum absolute atomic E-state index is 0.209. The van der Waals surface area contributed by atoms with Crippen LogP contribution in [-0.2, 0) is 4.79 Å². The predicted octanol–water partition coefficient (Wildman–Crippen LogP) is 4.08. The van der Waals surface area contributed by atoms with Gasteiger partial charge in [-0.25, -0.2) is 0 Å². The van der Waals surface area contributed by atoms with Gasteiger partial charge in [0.05, 0.1) is 5.92 Å². The summed E-state index contributed by atoms with van der Waals surface area (Å²) in [5.41, 5.74) is 0.920. The third-order valence-electron chi connectivity index (χ3n) is 3.89. The number of carbonyl (C=O) groups excluding carboxylic acids is 1. The predicted molar refractivity (Wildman–Crippen MR) is 82.3 cm³/mol. The lowest BCUT2D eigenvalue weighted by atomic mass is 9.99. The molecule has 0 bridgehead atoms. The van der Waals surface area contributed by atoms with Crippen LogP contribution in [0.5, 0.6) is 0 Å². The molecule has 1 aromatic heterocycles. The van der Waals surface area contributed by atoms with Gasteiger partial charge in [0.1, 0.15) is 5.78 Å². The first-order valence-electron chi connectivity index (χ1n) is 7.28. The number of Topliss-reactive ketones (excluding diaryl/α,β-unsaturated/α-hetero) is 1. The van der Waals surface area contributed by atoms with Crippen LogP contribution in [0, 0.1) is 0 Å². The zero-order valence-corrected chi connectivity index (χ0v) is 12.9. The first-order chi connectivity index (χ1) is 10.3. The lowest BCUT2D eigenvalue weighted by Gasteiger charge is -2.06. The van der Waals surface area contributed by atoms with Crippen molar-refractivity contribution < 1.29 is 9.32 Å². The van der Waals surface area contributed by atoms with Crippen molar-refractivity contribution in [3.8, 4) is 11.4 Å². The monoisotopic (exact) mass is 302 g/mol. The van der Waals surface area contributed by atoms with E-state index in [-0.39, 0.29) is 11.7 Å². The third kappa shape index (κ3) is 3.18. The Bertz CT molecular complexity index is 621. The summed E-state index contributed by atoms with van der Waals surface area (Å²) in [5.74, 6) is 1.07. The number of benzene rings is 1. The van der Waals surface area contributed by atoms with Crippen molar-refractivity contribution in [3.05, 3.63) is 30.2 Å². The normalized spacial score (nSPS) is 19.5. The summed E-state index contributed by atoms with van der Waals surface area (Å²) in [6.45, 7) is 0. The second-order valence-electron chi connectivity index (χ2n) is 5.30. The summed E-state index contributed by atoms with van der Waals surface area (Å²) >= 11 is 1.69. The summed E-state index contributed by atoms with van der Waals surface area (Å²) in [4.78, 5) is 17.8. The summed E-state index contributed by atoms with van der Waals surface area (Å²) in [5, 5.41) is 4.04. The fraction of sp³-hybridized carbons (Fsp3) is 0.438. The van der Waals surface area contributed by atoms with Crippen LogP contribution in [0.2, 0.25) is 0 Å². The van der Waals surface area contributed by atoms with Crippen LogP contribution in [0.25, 0.3) is 11.4 Å². The second kappa shape index (κ2) is 6.43. The topological polar surface area (TPSA) is 56.0 Å². The van der Waals surface area contributed by atoms with Crippen molar-refractivity contribution in [1.29, 1.82) is 0 Å². The molecule has 1 fully saturated rings. The minimum atomic E-state index is -0.209. The summed E-state index contributed by atoms with van der Waals surface area (Å²) in [7, 11) is 0. The van der Waals surface area contributed by atoms with Crippen LogP contribution in [0.1, 0.15) is 43.9 Å². The second-order valence-corrected chi connectivity index (χ2v) is 6.18. The molecule has 0 aliphatic heterocycles. The molecule has 4 nitrogen and oxygen atoms in total. The zero-order chi connectivity index (χ0) is 14.7. The van der Waals surface area contributed by atoms with Crippen molar-refractivity contribution in [2.24, 2.45) is 0 Å². The summed E-state index contributed by atoms with van der Waals surface area (Å²) in [6.07, 6.45) is 6.64. The number of nitrogens with zero attached hydrogens (tertiary/aromatic N) is 2. The van der Waals surface area contributed by atoms with Gasteiger partial charge in [0.2, 0.25) is 11.7 Å². The van der Waals surface area contributed by atoms with Gasteiger partial charge in [0.15, 0.2) is 0 Å². The number of ketones is 1. The van der Waals surface area contributed by atoms with Crippen LogP contribution >= 0.6 is 11.8 Å². The summed E-state index contributed by atoms with van der Waals surface area (Å²) in [6, 6.07) is 8.03. The van der Waals surface area contributed by atoms with Gasteiger partial charge in [-0.2, -0.15) is 4.98 Å². The van der Waals surface area contributed by atoms with Crippen molar-refractivity contribution in [3.63, 3.8) is 0 Å². The Hall–Kier alpha value is -1.62. The maximum Gasteiger partial charge on any atom is 0.237 e. The van der Waals surface area contributed by atoms with Crippen molar-refractivity contribution in [2.75, 3.05) is 6.26 Å². The Morgan fingerprint density at radius 2 is 2.00 bits per heavy atom. The van der Waals surface area contributed by atoms with Gasteiger partial charge in [-0.05, 0) is 43.4 Å². The number of thioether (sulfide) groups is 1. The lowest BCUT2D eigenvalue weighted by molar-refractivity contribution is -0.120. The van der Waals surface area contributed by atoms with Crippen molar-refractivity contribution in [2.45, 2.75) is 42.9 Å². The largest absolute Gasteiger partial charge is 0.338 e. The Labute approximate surface area is 128 Å². The molecule has 0 saturated heterocycles. The van der Waals surface area contributed by atoms with E-state index < -0.39 is 0 Å². The summed E-state index contributed by atoms with van der Waals surface area (Å²) < 4.78 is 5.35. The van der Waals surface area contributed by atoms with E-state index in [0.717, 1.165) is 31.2 Å². The molecule has 1 atom stereocenters. The zero-order valence-electron chi connectivity index (χ0n) is 12.0. The minimum Gasteiger partial charge on any atom is -0.338 e. The lowest BCUT2D eigenvalue weighted by Crippen LogP contribution is -2.10. The molecule has 5 heteroatoms. The molecule has 1 aliphatic carbocycles. The Morgan fingerprint density at radius 1 is 1.19 bits per heavy atom. The van der Waals surface area contributed by atoms with Gasteiger partial charge >= 0.3 is 0 Å². The molecule has 1 aliphatic rings. The van der Waals surface area contributed by atoms with E-state index >= 15 is 0 Å². The fourth-order valence-electron chi connectivity index (χ4n) is 2.65. The van der Waals surface area contributed by atoms with E-state index in [4.69, 9.17) is 4.52 Å². The van der Waals surface area contributed by atoms with E-state index in [2.05, 4.69) is 10.1 Å². The van der Waals surface area contributed by atoms with Crippen LogP contribution in [0.15, 0.2) is 33.7 Å². The van der Waals surface area contributed by atoms with E-state index in [0.29, 0.717) is 18.1 Å². The Balaban J connectivity index is 1.83. The highest BCUT2D eigenvalue weighted by atomic mass is 32.2. The molecule has 1 unspecified atom stereocenters. The highest BCUT2D eigenvalue weighted by Gasteiger charge is 2.27. The number of hydrogen-bond donors (Lipinski definition) is 0. The van der Waals surface area contributed by atoms with Crippen molar-refractivity contribution in [1.82, 2.24) is 10.1 Å². The van der Waals surface area contributed by atoms with Crippen molar-refractivity contribution >= 4 is 17.5 Å². The fourth-order valence-corrected chi connectivity index (χ4v) is 3.06. The highest BCUT2D eigenvalue weighted by Crippen LogP contribution is 2.29. The quantitative estimate of drug-likeness (QED) is 0.631. The van der Waals surface area contributed by atoms with E-state index in [9.17, 15) is 4.79 Å². The standard InChI is InChI=1S/C16H18N2O2S/c1-21-12-9-7-11(8-10-12)15-17-16(20-18-15)13-5-3-2-4-6-14(13)19/h7-10,13H,2-6H2,1H3. The molecule has 110 valence electrons. The molecule has 1 aromatic carbocycles. The van der Waals surface area contributed by atoms with Gasteiger partial charge in [0, 0.05) is 16.9 Å². The SMILES string of the molecule is CSc1ccc(-c2noc(C3CCCCCC3=O)n2)cc1. The number of hydrogen-bond acceptors (Lipinski definition) is 5. The van der Waals surface area contributed by atoms with Crippen LogP contribution < -0.4 is 0 Å². The van der Waals surface area contributed by atoms with Crippen LogP contribution in [-0.4, -0.2) is 22.2 Å². The number of carbonyl (C=O) groups is 1. The molecule has 21 heavy (non-hydrogen) atoms. The first-order valence-corrected chi connectivity index (χ1v) is 8.51. The van der Waals surface area contributed by atoms with Gasteiger partial charge in [-0.1, -0.05) is 18.0 Å². The molecule has 0 radical (unpaired) electrons. The maximum atomic E-state index is 12.1. The van der Waals surface area contributed by atoms with E-state index in [1.54, 1.807) is 11.8 Å². The highest BCUT2D eigenvalue weighted by molar-refractivity contribution is 7.98. The molecule has 2 aromatic rings. The smallest absolute Gasteiger partial charge is 0.237 e. The molecule has 0 spiro atoms. The number of aromatic nitrogens is 2. The molecule has 0 amide bonds. The van der Waals surface area contributed by atoms with E-state index in [1.807, 2.05) is 30.5 Å². The Morgan fingerprint density at radius 3 is 2.76 bits per heavy atom. The van der Waals surface area contributed by atoms with E-state index in [1.165, 1.54) is 4.90 Å². The molecule has 1 saturated carbocycles. The van der Waals surface area contributed by atoms with Gasteiger partial charge in [-0.3, -0.25) is 4.79 Å². The molecular formula is C16H18N2O2S. The van der Waals surface area contributed by atoms with Gasteiger partial charge in [-0.15, -0.1) is 11.8 Å². The Kier molecular flexibility index (Phi) is 4.39. The molecular weight excluding hydrogens is 284 g/mol. The van der Waals surface area contributed by atoms with Crippen LogP contribution in [0.3, 0.4) is 0 Å². The van der Waals surface area contributed by atoms with Gasteiger partial charge < -0.3 is 4.52 Å². The first kappa shape index (κ1) is 14.3. The number of rotatable bonds is 3. The molecule has 0 N–H and O–H groups in total. The average molecular weight is 302 g/mol. The molecule has 1 heterocycles. The maximum absolute atomic E-state index is 12.1.